The monoisotopic (exact) mass is 321 g/mol. The number of benzene rings is 1. The predicted octanol–water partition coefficient (Wildman–Crippen LogP) is 3.65. The zero-order valence-electron chi connectivity index (χ0n) is 13.8. The molecule has 1 aromatic carbocycles. The molecule has 0 unspecified atom stereocenters. The summed E-state index contributed by atoms with van der Waals surface area (Å²) in [5.41, 5.74) is 5.06. The lowest BCUT2D eigenvalue weighted by Crippen LogP contribution is -2.30. The molecular formula is C19H19N3O2. The van der Waals surface area contributed by atoms with E-state index in [9.17, 15) is 4.79 Å². The highest BCUT2D eigenvalue weighted by Crippen LogP contribution is 2.30. The number of nitrogens with one attached hydrogen (secondary N) is 1. The number of hydrogen-bond acceptors (Lipinski definition) is 4. The van der Waals surface area contributed by atoms with Crippen LogP contribution in [0.4, 0.5) is 0 Å². The van der Waals surface area contributed by atoms with E-state index < -0.39 is 0 Å². The average molecular weight is 321 g/mol. The Morgan fingerprint density at radius 1 is 1.17 bits per heavy atom. The fourth-order valence-corrected chi connectivity index (χ4v) is 3.25. The Balaban J connectivity index is 1.61. The molecule has 1 atom stereocenters. The number of amides is 1. The van der Waals surface area contributed by atoms with Crippen LogP contribution in [-0.4, -0.2) is 15.9 Å². The molecule has 1 aliphatic carbocycles. The van der Waals surface area contributed by atoms with Gasteiger partial charge in [0.25, 0.3) is 5.91 Å². The van der Waals surface area contributed by atoms with Crippen LogP contribution in [0, 0.1) is 13.8 Å². The maximum Gasteiger partial charge on any atom is 0.251 e. The van der Waals surface area contributed by atoms with Gasteiger partial charge in [-0.2, -0.15) is 0 Å². The van der Waals surface area contributed by atoms with Gasteiger partial charge in [-0.25, -0.2) is 9.97 Å². The molecule has 0 saturated carbocycles. The summed E-state index contributed by atoms with van der Waals surface area (Å²) in [6, 6.07) is 7.44. The summed E-state index contributed by atoms with van der Waals surface area (Å²) in [5, 5.41) is 3.12. The lowest BCUT2D eigenvalue weighted by atomic mass is 9.93. The molecule has 0 bridgehead atoms. The second kappa shape index (κ2) is 5.74. The van der Waals surface area contributed by atoms with Crippen molar-refractivity contribution in [3.8, 4) is 0 Å². The number of carbonyl (C=O) groups is 1. The van der Waals surface area contributed by atoms with Crippen LogP contribution in [0.1, 0.15) is 52.0 Å². The maximum absolute atomic E-state index is 12.7. The van der Waals surface area contributed by atoms with E-state index in [-0.39, 0.29) is 11.9 Å². The van der Waals surface area contributed by atoms with Crippen molar-refractivity contribution in [2.24, 2.45) is 0 Å². The van der Waals surface area contributed by atoms with Crippen LogP contribution < -0.4 is 5.32 Å². The quantitative estimate of drug-likeness (QED) is 0.782. The smallest absolute Gasteiger partial charge is 0.251 e. The summed E-state index contributed by atoms with van der Waals surface area (Å²) in [6.07, 6.45) is 4.60. The summed E-state index contributed by atoms with van der Waals surface area (Å²) in [6.45, 7) is 3.87. The number of fused-ring (bicyclic) bond motifs is 2. The van der Waals surface area contributed by atoms with Gasteiger partial charge in [0.2, 0.25) is 0 Å². The highest BCUT2D eigenvalue weighted by molar-refractivity contribution is 5.97. The van der Waals surface area contributed by atoms with Gasteiger partial charge >= 0.3 is 0 Å². The lowest BCUT2D eigenvalue weighted by molar-refractivity contribution is 0.0932. The first kappa shape index (κ1) is 14.9. The van der Waals surface area contributed by atoms with Crippen LogP contribution in [0.25, 0.3) is 11.0 Å². The fraction of sp³-hybridized carbons (Fsp3) is 0.316. The number of nitrogens with zero attached hydrogens (tertiary/aromatic N) is 2. The third-order valence-corrected chi connectivity index (χ3v) is 4.69. The normalized spacial score (nSPS) is 16.8. The van der Waals surface area contributed by atoms with E-state index in [1.54, 1.807) is 12.3 Å². The summed E-state index contributed by atoms with van der Waals surface area (Å²) in [4.78, 5) is 21.7. The van der Waals surface area contributed by atoms with Crippen LogP contribution in [-0.2, 0) is 6.42 Å². The van der Waals surface area contributed by atoms with Crippen molar-refractivity contribution in [2.45, 2.75) is 39.2 Å². The van der Waals surface area contributed by atoms with E-state index >= 15 is 0 Å². The molecule has 24 heavy (non-hydrogen) atoms. The second-order valence-electron chi connectivity index (χ2n) is 6.32. The van der Waals surface area contributed by atoms with Gasteiger partial charge in [-0.05, 0) is 51.0 Å². The van der Waals surface area contributed by atoms with E-state index in [4.69, 9.17) is 4.42 Å². The standard InChI is InChI=1S/C19H19N3O2/c1-11-12(2)21-17-10-13(6-7-16(17)20-11)19(23)22-15-4-3-5-18-14(15)8-9-24-18/h6-10,15H,3-5H2,1-2H3,(H,22,23)/t15-/m0/s1. The van der Waals surface area contributed by atoms with E-state index in [1.807, 2.05) is 32.0 Å². The molecule has 0 spiro atoms. The summed E-state index contributed by atoms with van der Waals surface area (Å²) < 4.78 is 5.49. The van der Waals surface area contributed by atoms with Crippen LogP contribution >= 0.6 is 0 Å². The van der Waals surface area contributed by atoms with Crippen molar-refractivity contribution in [3.05, 3.63) is 58.8 Å². The lowest BCUT2D eigenvalue weighted by Gasteiger charge is -2.22. The molecule has 0 radical (unpaired) electrons. The average Bonchev–Trinajstić information content (AvgIpc) is 3.05. The van der Waals surface area contributed by atoms with Crippen molar-refractivity contribution in [3.63, 3.8) is 0 Å². The first-order chi connectivity index (χ1) is 11.6. The zero-order valence-corrected chi connectivity index (χ0v) is 13.8. The third kappa shape index (κ3) is 2.56. The highest BCUT2D eigenvalue weighted by atomic mass is 16.3. The van der Waals surface area contributed by atoms with Crippen molar-refractivity contribution >= 4 is 16.9 Å². The molecule has 5 heteroatoms. The summed E-state index contributed by atoms with van der Waals surface area (Å²) in [5.74, 6) is 0.901. The molecule has 0 aliphatic heterocycles. The fourth-order valence-electron chi connectivity index (χ4n) is 3.25. The number of aromatic nitrogens is 2. The number of aryl methyl sites for hydroxylation is 3. The van der Waals surface area contributed by atoms with E-state index in [0.29, 0.717) is 5.56 Å². The molecule has 2 aromatic heterocycles. The topological polar surface area (TPSA) is 68.0 Å². The van der Waals surface area contributed by atoms with Crippen LogP contribution in [0.15, 0.2) is 34.9 Å². The Hall–Kier alpha value is -2.69. The number of furan rings is 1. The molecule has 4 rings (SSSR count). The number of carbonyl (C=O) groups excluding carboxylic acids is 1. The summed E-state index contributed by atoms with van der Waals surface area (Å²) >= 11 is 0. The Kier molecular flexibility index (Phi) is 3.56. The van der Waals surface area contributed by atoms with Gasteiger partial charge in [0, 0.05) is 17.5 Å². The SMILES string of the molecule is Cc1nc2ccc(C(=O)N[C@H]3CCCc4occc43)cc2nc1C. The third-order valence-electron chi connectivity index (χ3n) is 4.69. The van der Waals surface area contributed by atoms with Gasteiger partial charge in [-0.1, -0.05) is 0 Å². The number of rotatable bonds is 2. The molecule has 0 fully saturated rings. The molecule has 1 N–H and O–H groups in total. The van der Waals surface area contributed by atoms with E-state index in [1.165, 1.54) is 0 Å². The van der Waals surface area contributed by atoms with E-state index in [0.717, 1.165) is 53.0 Å². The second-order valence-corrected chi connectivity index (χ2v) is 6.32. The minimum atomic E-state index is -0.0871. The van der Waals surface area contributed by atoms with Gasteiger partial charge in [0.15, 0.2) is 0 Å². The summed E-state index contributed by atoms with van der Waals surface area (Å²) in [7, 11) is 0. The van der Waals surface area contributed by atoms with Gasteiger partial charge in [-0.15, -0.1) is 0 Å². The Morgan fingerprint density at radius 2 is 1.96 bits per heavy atom. The maximum atomic E-state index is 12.7. The molecule has 5 nitrogen and oxygen atoms in total. The molecule has 0 saturated heterocycles. The van der Waals surface area contributed by atoms with Crippen LogP contribution in [0.5, 0.6) is 0 Å². The molecule has 1 aliphatic rings. The van der Waals surface area contributed by atoms with Crippen molar-refractivity contribution in [1.29, 1.82) is 0 Å². The van der Waals surface area contributed by atoms with Crippen molar-refractivity contribution in [1.82, 2.24) is 15.3 Å². The van der Waals surface area contributed by atoms with Crippen molar-refractivity contribution < 1.29 is 9.21 Å². The Labute approximate surface area is 140 Å². The highest BCUT2D eigenvalue weighted by Gasteiger charge is 2.24. The molecule has 3 aromatic rings. The molecule has 1 amide bonds. The molecule has 2 heterocycles. The minimum Gasteiger partial charge on any atom is -0.469 e. The van der Waals surface area contributed by atoms with Crippen LogP contribution in [0.2, 0.25) is 0 Å². The van der Waals surface area contributed by atoms with Gasteiger partial charge in [0.1, 0.15) is 5.76 Å². The zero-order chi connectivity index (χ0) is 16.7. The van der Waals surface area contributed by atoms with Crippen LogP contribution in [0.3, 0.4) is 0 Å². The molecule has 122 valence electrons. The minimum absolute atomic E-state index is 0.0153. The first-order valence-corrected chi connectivity index (χ1v) is 8.24. The Morgan fingerprint density at radius 3 is 2.79 bits per heavy atom. The first-order valence-electron chi connectivity index (χ1n) is 8.24. The van der Waals surface area contributed by atoms with Gasteiger partial charge in [-0.3, -0.25) is 4.79 Å². The van der Waals surface area contributed by atoms with Crippen molar-refractivity contribution in [2.75, 3.05) is 0 Å². The Bertz CT molecular complexity index is 930. The van der Waals surface area contributed by atoms with Gasteiger partial charge < -0.3 is 9.73 Å². The number of hydrogen-bond donors (Lipinski definition) is 1. The predicted molar refractivity (Wildman–Crippen MR) is 90.9 cm³/mol. The van der Waals surface area contributed by atoms with Gasteiger partial charge in [0.05, 0.1) is 34.7 Å². The van der Waals surface area contributed by atoms with E-state index in [2.05, 4.69) is 15.3 Å². The molecular weight excluding hydrogens is 302 g/mol. The largest absolute Gasteiger partial charge is 0.469 e.